The molecule has 3 N–H and O–H groups in total. The van der Waals surface area contributed by atoms with Gasteiger partial charge in [-0.1, -0.05) is 0 Å². The standard InChI is InChI=1S/C11H11F3N4S/c12-11(13,14)10-17-8(15)5-9(18-10)16-3-1-7-2-4-19-6-7/h2,4-6H,1,3H2,(H3,15,16,17,18). The normalized spacial score (nSPS) is 11.5. The maximum atomic E-state index is 12.5. The minimum Gasteiger partial charge on any atom is -0.384 e. The van der Waals surface area contributed by atoms with Gasteiger partial charge in [-0.2, -0.15) is 24.5 Å². The van der Waals surface area contributed by atoms with Crippen molar-refractivity contribution in [2.45, 2.75) is 12.6 Å². The molecule has 0 bridgehead atoms. The first-order valence-corrected chi connectivity index (χ1v) is 6.36. The van der Waals surface area contributed by atoms with E-state index >= 15 is 0 Å². The third-order valence-electron chi connectivity index (χ3n) is 2.30. The van der Waals surface area contributed by atoms with Crippen molar-refractivity contribution < 1.29 is 13.2 Å². The fourth-order valence-corrected chi connectivity index (χ4v) is 2.16. The molecular weight excluding hydrogens is 277 g/mol. The second-order valence-electron chi connectivity index (χ2n) is 3.81. The maximum absolute atomic E-state index is 12.5. The minimum absolute atomic E-state index is 0.0788. The van der Waals surface area contributed by atoms with Crippen molar-refractivity contribution in [3.63, 3.8) is 0 Å². The van der Waals surface area contributed by atoms with Crippen molar-refractivity contribution in [2.24, 2.45) is 0 Å². The SMILES string of the molecule is Nc1cc(NCCc2ccsc2)nc(C(F)(F)F)n1. The number of nitrogens with two attached hydrogens (primary N) is 1. The summed E-state index contributed by atoms with van der Waals surface area (Å²) in [4.78, 5) is 6.57. The number of nitrogen functional groups attached to an aromatic ring is 1. The number of aromatic nitrogens is 2. The lowest BCUT2D eigenvalue weighted by Crippen LogP contribution is -2.15. The monoisotopic (exact) mass is 288 g/mol. The highest BCUT2D eigenvalue weighted by molar-refractivity contribution is 7.07. The van der Waals surface area contributed by atoms with Crippen molar-refractivity contribution in [2.75, 3.05) is 17.6 Å². The molecule has 0 amide bonds. The van der Waals surface area contributed by atoms with Crippen LogP contribution in [-0.2, 0) is 12.6 Å². The third-order valence-corrected chi connectivity index (χ3v) is 3.03. The number of rotatable bonds is 4. The van der Waals surface area contributed by atoms with Gasteiger partial charge in [0.1, 0.15) is 11.6 Å². The zero-order valence-electron chi connectivity index (χ0n) is 9.74. The van der Waals surface area contributed by atoms with Crippen molar-refractivity contribution in [3.05, 3.63) is 34.3 Å². The van der Waals surface area contributed by atoms with E-state index in [0.29, 0.717) is 13.0 Å². The highest BCUT2D eigenvalue weighted by Crippen LogP contribution is 2.27. The molecule has 0 atom stereocenters. The largest absolute Gasteiger partial charge is 0.451 e. The van der Waals surface area contributed by atoms with Gasteiger partial charge in [0.05, 0.1) is 0 Å². The van der Waals surface area contributed by atoms with Crippen LogP contribution in [0.15, 0.2) is 22.9 Å². The van der Waals surface area contributed by atoms with E-state index in [9.17, 15) is 13.2 Å². The molecule has 0 aliphatic heterocycles. The summed E-state index contributed by atoms with van der Waals surface area (Å²) in [6.45, 7) is 0.477. The molecule has 4 nitrogen and oxygen atoms in total. The van der Waals surface area contributed by atoms with E-state index in [4.69, 9.17) is 5.73 Å². The summed E-state index contributed by atoms with van der Waals surface area (Å²) in [6.07, 6.45) is -3.89. The number of halogens is 3. The Bertz CT molecular complexity index is 539. The summed E-state index contributed by atoms with van der Waals surface area (Å²) >= 11 is 1.57. The molecule has 0 radical (unpaired) electrons. The molecule has 0 aromatic carbocycles. The molecule has 8 heteroatoms. The first-order valence-electron chi connectivity index (χ1n) is 5.42. The summed E-state index contributed by atoms with van der Waals surface area (Å²) in [5, 5.41) is 6.74. The Labute approximate surface area is 111 Å². The van der Waals surface area contributed by atoms with Gasteiger partial charge in [0, 0.05) is 12.6 Å². The summed E-state index contributed by atoms with van der Waals surface area (Å²) < 4.78 is 37.5. The van der Waals surface area contributed by atoms with Crippen LogP contribution in [-0.4, -0.2) is 16.5 Å². The highest BCUT2D eigenvalue weighted by atomic mass is 32.1. The molecule has 0 fully saturated rings. The second-order valence-corrected chi connectivity index (χ2v) is 4.59. The molecule has 0 saturated heterocycles. The zero-order valence-corrected chi connectivity index (χ0v) is 10.6. The number of nitrogens with one attached hydrogen (secondary N) is 1. The predicted molar refractivity (Wildman–Crippen MR) is 68.0 cm³/mol. The zero-order chi connectivity index (χ0) is 13.9. The Morgan fingerprint density at radius 3 is 2.74 bits per heavy atom. The number of hydrogen-bond acceptors (Lipinski definition) is 5. The van der Waals surface area contributed by atoms with Gasteiger partial charge in [-0.3, -0.25) is 0 Å². The molecular formula is C11H11F3N4S. The van der Waals surface area contributed by atoms with Crippen LogP contribution < -0.4 is 11.1 Å². The van der Waals surface area contributed by atoms with Crippen LogP contribution in [0.3, 0.4) is 0 Å². The smallest absolute Gasteiger partial charge is 0.384 e. The van der Waals surface area contributed by atoms with Crippen LogP contribution in [0.2, 0.25) is 0 Å². The minimum atomic E-state index is -4.60. The van der Waals surface area contributed by atoms with Crippen LogP contribution in [0.1, 0.15) is 11.4 Å². The van der Waals surface area contributed by atoms with E-state index in [1.165, 1.54) is 6.07 Å². The van der Waals surface area contributed by atoms with E-state index in [-0.39, 0.29) is 11.6 Å². The Kier molecular flexibility index (Phi) is 3.89. The van der Waals surface area contributed by atoms with Gasteiger partial charge >= 0.3 is 6.18 Å². The quantitative estimate of drug-likeness (QED) is 0.908. The lowest BCUT2D eigenvalue weighted by molar-refractivity contribution is -0.144. The fraction of sp³-hybridized carbons (Fsp3) is 0.273. The van der Waals surface area contributed by atoms with Gasteiger partial charge in [-0.05, 0) is 28.8 Å². The number of nitrogens with zero attached hydrogens (tertiary/aromatic N) is 2. The molecule has 2 aromatic rings. The van der Waals surface area contributed by atoms with Gasteiger partial charge in [0.25, 0.3) is 0 Å². The molecule has 2 heterocycles. The highest BCUT2D eigenvalue weighted by Gasteiger charge is 2.35. The van der Waals surface area contributed by atoms with Crippen LogP contribution in [0.5, 0.6) is 0 Å². The van der Waals surface area contributed by atoms with Gasteiger partial charge in [0.2, 0.25) is 5.82 Å². The molecule has 2 rings (SSSR count). The van der Waals surface area contributed by atoms with Crippen molar-refractivity contribution in [3.8, 4) is 0 Å². The average molecular weight is 288 g/mol. The van der Waals surface area contributed by atoms with E-state index in [2.05, 4.69) is 15.3 Å². The number of alkyl halides is 3. The van der Waals surface area contributed by atoms with Gasteiger partial charge < -0.3 is 11.1 Å². The average Bonchev–Trinajstić information content (AvgIpc) is 2.80. The molecule has 19 heavy (non-hydrogen) atoms. The van der Waals surface area contributed by atoms with E-state index in [1.807, 2.05) is 16.8 Å². The Balaban J connectivity index is 2.02. The molecule has 0 aliphatic carbocycles. The topological polar surface area (TPSA) is 63.8 Å². The third kappa shape index (κ3) is 3.82. The van der Waals surface area contributed by atoms with E-state index < -0.39 is 12.0 Å². The molecule has 0 saturated carbocycles. The van der Waals surface area contributed by atoms with Gasteiger partial charge in [-0.15, -0.1) is 0 Å². The number of hydrogen-bond donors (Lipinski definition) is 2. The van der Waals surface area contributed by atoms with E-state index in [1.54, 1.807) is 11.3 Å². The molecule has 0 aliphatic rings. The van der Waals surface area contributed by atoms with Crippen LogP contribution in [0, 0.1) is 0 Å². The molecule has 2 aromatic heterocycles. The Morgan fingerprint density at radius 1 is 1.32 bits per heavy atom. The molecule has 102 valence electrons. The fourth-order valence-electron chi connectivity index (χ4n) is 1.45. The van der Waals surface area contributed by atoms with Crippen LogP contribution in [0.4, 0.5) is 24.8 Å². The van der Waals surface area contributed by atoms with Crippen molar-refractivity contribution in [1.82, 2.24) is 9.97 Å². The first-order chi connectivity index (χ1) is 8.95. The van der Waals surface area contributed by atoms with Crippen LogP contribution >= 0.6 is 11.3 Å². The lowest BCUT2D eigenvalue weighted by Gasteiger charge is -2.09. The first kappa shape index (κ1) is 13.6. The molecule has 0 unspecified atom stereocenters. The van der Waals surface area contributed by atoms with Gasteiger partial charge in [-0.25, -0.2) is 9.97 Å². The van der Waals surface area contributed by atoms with E-state index in [0.717, 1.165) is 5.56 Å². The second kappa shape index (κ2) is 5.43. The maximum Gasteiger partial charge on any atom is 0.451 e. The van der Waals surface area contributed by atoms with Crippen molar-refractivity contribution >= 4 is 23.0 Å². The number of thiophene rings is 1. The predicted octanol–water partition coefficient (Wildman–Crippen LogP) is 2.79. The summed E-state index contributed by atoms with van der Waals surface area (Å²) in [6, 6.07) is 3.24. The lowest BCUT2D eigenvalue weighted by atomic mass is 10.2. The summed E-state index contributed by atoms with van der Waals surface area (Å²) in [5.74, 6) is -1.36. The Hall–Kier alpha value is -1.83. The summed E-state index contributed by atoms with van der Waals surface area (Å²) in [7, 11) is 0. The van der Waals surface area contributed by atoms with Crippen LogP contribution in [0.25, 0.3) is 0 Å². The summed E-state index contributed by atoms with van der Waals surface area (Å²) in [5.41, 5.74) is 6.45. The Morgan fingerprint density at radius 2 is 2.11 bits per heavy atom. The number of anilines is 2. The molecule has 0 spiro atoms. The van der Waals surface area contributed by atoms with Gasteiger partial charge in [0.15, 0.2) is 0 Å². The van der Waals surface area contributed by atoms with Crippen molar-refractivity contribution in [1.29, 1.82) is 0 Å².